The summed E-state index contributed by atoms with van der Waals surface area (Å²) >= 11 is 0.666. The molecule has 90 valence electrons. The van der Waals surface area contributed by atoms with Crippen molar-refractivity contribution in [3.8, 4) is 0 Å². The molecule has 0 fully saturated rings. The van der Waals surface area contributed by atoms with Crippen molar-refractivity contribution in [3.05, 3.63) is 35.1 Å². The van der Waals surface area contributed by atoms with E-state index < -0.39 is 22.8 Å². The van der Waals surface area contributed by atoms with Gasteiger partial charge in [-0.3, -0.25) is 0 Å². The number of allylic oxidation sites excluding steroid dienone is 1. The van der Waals surface area contributed by atoms with Crippen molar-refractivity contribution in [1.29, 1.82) is 0 Å². The SMILES string of the molecule is F/C(=C(/F)C(F)(F)F)c1nc2ccccc2s1. The fourth-order valence-corrected chi connectivity index (χ4v) is 2.08. The van der Waals surface area contributed by atoms with Crippen LogP contribution in [-0.2, 0) is 0 Å². The maximum Gasteiger partial charge on any atom is 0.446 e. The lowest BCUT2D eigenvalue weighted by Crippen LogP contribution is -2.09. The molecule has 0 atom stereocenters. The van der Waals surface area contributed by atoms with Crippen LogP contribution in [-0.4, -0.2) is 11.2 Å². The van der Waals surface area contributed by atoms with E-state index in [1.165, 1.54) is 6.07 Å². The minimum absolute atomic E-state index is 0.331. The largest absolute Gasteiger partial charge is 0.446 e. The van der Waals surface area contributed by atoms with Crippen LogP contribution in [0.15, 0.2) is 30.1 Å². The molecular weight excluding hydrogens is 261 g/mol. The van der Waals surface area contributed by atoms with Crippen molar-refractivity contribution >= 4 is 27.4 Å². The molecule has 2 rings (SSSR count). The second-order valence-corrected chi connectivity index (χ2v) is 4.14. The number of nitrogens with zero attached hydrogens (tertiary/aromatic N) is 1. The molecule has 0 unspecified atom stereocenters. The number of para-hydroxylation sites is 1. The summed E-state index contributed by atoms with van der Waals surface area (Å²) in [4.78, 5) is 3.59. The standard InChI is InChI=1S/C10H4F5NS/c11-7(8(12)10(13,14)15)9-16-5-3-1-2-4-6(5)17-9/h1-4H/b8-7+. The van der Waals surface area contributed by atoms with E-state index in [0.717, 1.165) is 0 Å². The van der Waals surface area contributed by atoms with Gasteiger partial charge in [-0.25, -0.2) is 9.37 Å². The summed E-state index contributed by atoms with van der Waals surface area (Å²) in [6, 6.07) is 6.31. The minimum Gasteiger partial charge on any atom is -0.233 e. The Hall–Kier alpha value is -1.50. The number of aromatic nitrogens is 1. The van der Waals surface area contributed by atoms with E-state index in [1.807, 2.05) is 0 Å². The van der Waals surface area contributed by atoms with Gasteiger partial charge in [0, 0.05) is 0 Å². The zero-order chi connectivity index (χ0) is 12.6. The zero-order valence-electron chi connectivity index (χ0n) is 8.05. The number of fused-ring (bicyclic) bond motifs is 1. The van der Waals surface area contributed by atoms with Gasteiger partial charge in [-0.1, -0.05) is 12.1 Å². The molecule has 0 bridgehead atoms. The Morgan fingerprint density at radius 2 is 1.76 bits per heavy atom. The molecule has 0 spiro atoms. The van der Waals surface area contributed by atoms with E-state index >= 15 is 0 Å². The normalized spacial score (nSPS) is 13.9. The molecule has 2 aromatic rings. The first-order valence-corrected chi connectivity index (χ1v) is 5.19. The van der Waals surface area contributed by atoms with Crippen molar-refractivity contribution in [3.63, 3.8) is 0 Å². The number of hydrogen-bond donors (Lipinski definition) is 0. The monoisotopic (exact) mass is 265 g/mol. The molecule has 1 nitrogen and oxygen atoms in total. The van der Waals surface area contributed by atoms with Gasteiger partial charge in [0.05, 0.1) is 10.2 Å². The van der Waals surface area contributed by atoms with Crippen molar-refractivity contribution in [2.75, 3.05) is 0 Å². The smallest absolute Gasteiger partial charge is 0.233 e. The van der Waals surface area contributed by atoms with Gasteiger partial charge in [-0.2, -0.15) is 17.6 Å². The average Bonchev–Trinajstić information content (AvgIpc) is 2.69. The summed E-state index contributed by atoms with van der Waals surface area (Å²) < 4.78 is 62.2. The van der Waals surface area contributed by atoms with Crippen molar-refractivity contribution < 1.29 is 22.0 Å². The summed E-state index contributed by atoms with van der Waals surface area (Å²) in [7, 11) is 0. The third-order valence-electron chi connectivity index (χ3n) is 1.92. The Morgan fingerprint density at radius 1 is 1.12 bits per heavy atom. The quantitative estimate of drug-likeness (QED) is 0.693. The van der Waals surface area contributed by atoms with E-state index in [2.05, 4.69) is 4.98 Å². The van der Waals surface area contributed by atoms with Crippen molar-refractivity contribution in [1.82, 2.24) is 4.98 Å². The summed E-state index contributed by atoms with van der Waals surface area (Å²) in [5, 5.41) is -0.610. The van der Waals surface area contributed by atoms with Gasteiger partial charge >= 0.3 is 6.18 Å². The highest BCUT2D eigenvalue weighted by Gasteiger charge is 2.39. The predicted octanol–water partition coefficient (Wildman–Crippen LogP) is 4.47. The Balaban J connectivity index is 2.54. The third kappa shape index (κ3) is 2.28. The fourth-order valence-electron chi connectivity index (χ4n) is 1.18. The Morgan fingerprint density at radius 3 is 2.35 bits per heavy atom. The summed E-state index contributed by atoms with van der Waals surface area (Å²) in [6.07, 6.45) is -5.33. The zero-order valence-corrected chi connectivity index (χ0v) is 8.87. The second-order valence-electron chi connectivity index (χ2n) is 3.11. The first kappa shape index (κ1) is 12.0. The van der Waals surface area contributed by atoms with Crippen LogP contribution in [0.4, 0.5) is 22.0 Å². The maximum absolute atomic E-state index is 13.2. The molecule has 0 radical (unpaired) electrons. The number of hydrogen-bond acceptors (Lipinski definition) is 2. The van der Waals surface area contributed by atoms with Crippen LogP contribution >= 0.6 is 11.3 Å². The highest BCUT2D eigenvalue weighted by atomic mass is 32.1. The van der Waals surface area contributed by atoms with Crippen molar-refractivity contribution in [2.24, 2.45) is 0 Å². The highest BCUT2D eigenvalue weighted by Crippen LogP contribution is 2.36. The van der Waals surface area contributed by atoms with Gasteiger partial charge in [0.25, 0.3) is 0 Å². The predicted molar refractivity (Wildman–Crippen MR) is 54.8 cm³/mol. The van der Waals surface area contributed by atoms with Gasteiger partial charge in [0.15, 0.2) is 10.8 Å². The van der Waals surface area contributed by atoms with E-state index in [1.54, 1.807) is 18.2 Å². The molecule has 7 heteroatoms. The van der Waals surface area contributed by atoms with Crippen LogP contribution < -0.4 is 0 Å². The van der Waals surface area contributed by atoms with Crippen LogP contribution in [0.3, 0.4) is 0 Å². The number of halogens is 5. The highest BCUT2D eigenvalue weighted by molar-refractivity contribution is 7.19. The van der Waals surface area contributed by atoms with Crippen LogP contribution in [0.5, 0.6) is 0 Å². The Kier molecular flexibility index (Phi) is 2.86. The molecule has 17 heavy (non-hydrogen) atoms. The lowest BCUT2D eigenvalue weighted by Gasteiger charge is -2.02. The molecule has 0 aliphatic rings. The first-order valence-electron chi connectivity index (χ1n) is 4.38. The number of thiazole rings is 1. The topological polar surface area (TPSA) is 12.9 Å². The molecule has 0 aliphatic heterocycles. The van der Waals surface area contributed by atoms with Gasteiger partial charge in [0.1, 0.15) is 0 Å². The Labute approximate surface area is 96.2 Å². The van der Waals surface area contributed by atoms with Gasteiger partial charge in [-0.05, 0) is 12.1 Å². The molecule has 0 saturated heterocycles. The van der Waals surface area contributed by atoms with Crippen LogP contribution in [0.25, 0.3) is 16.0 Å². The third-order valence-corrected chi connectivity index (χ3v) is 2.95. The average molecular weight is 265 g/mol. The van der Waals surface area contributed by atoms with Gasteiger partial charge in [0.2, 0.25) is 5.83 Å². The lowest BCUT2D eigenvalue weighted by atomic mass is 10.3. The molecule has 1 aromatic carbocycles. The van der Waals surface area contributed by atoms with Gasteiger partial charge < -0.3 is 0 Å². The second kappa shape index (κ2) is 4.06. The molecule has 0 saturated carbocycles. The van der Waals surface area contributed by atoms with Crippen molar-refractivity contribution in [2.45, 2.75) is 6.18 Å². The first-order chi connectivity index (χ1) is 7.89. The number of rotatable bonds is 1. The van der Waals surface area contributed by atoms with E-state index in [4.69, 9.17) is 0 Å². The fraction of sp³-hybridized carbons (Fsp3) is 0.100. The van der Waals surface area contributed by atoms with Gasteiger partial charge in [-0.15, -0.1) is 11.3 Å². The van der Waals surface area contributed by atoms with E-state index in [0.29, 0.717) is 21.6 Å². The van der Waals surface area contributed by atoms with Crippen LogP contribution in [0.2, 0.25) is 0 Å². The summed E-state index contributed by atoms with van der Waals surface area (Å²) in [5.74, 6) is -4.73. The van der Waals surface area contributed by atoms with Crippen LogP contribution in [0.1, 0.15) is 5.01 Å². The molecule has 0 N–H and O–H groups in total. The number of alkyl halides is 3. The molecule has 1 aromatic heterocycles. The maximum atomic E-state index is 13.2. The molecule has 1 heterocycles. The lowest BCUT2D eigenvalue weighted by molar-refractivity contribution is -0.108. The summed E-state index contributed by atoms with van der Waals surface area (Å²) in [5.41, 5.74) is 0.331. The molecule has 0 aliphatic carbocycles. The summed E-state index contributed by atoms with van der Waals surface area (Å²) in [6.45, 7) is 0. The Bertz CT molecular complexity index is 551. The number of benzene rings is 1. The van der Waals surface area contributed by atoms with Crippen LogP contribution in [0, 0.1) is 0 Å². The van der Waals surface area contributed by atoms with E-state index in [-0.39, 0.29) is 0 Å². The molecule has 0 amide bonds. The van der Waals surface area contributed by atoms with E-state index in [9.17, 15) is 22.0 Å². The molecular formula is C10H4F5NS. The minimum atomic E-state index is -5.33.